The summed E-state index contributed by atoms with van der Waals surface area (Å²) in [6.07, 6.45) is 7.09. The van der Waals surface area contributed by atoms with Crippen molar-refractivity contribution in [1.82, 2.24) is 9.78 Å². The molecule has 0 radical (unpaired) electrons. The Morgan fingerprint density at radius 1 is 1.48 bits per heavy atom. The van der Waals surface area contributed by atoms with Gasteiger partial charge in [0.2, 0.25) is 0 Å². The Labute approximate surface area is 130 Å². The van der Waals surface area contributed by atoms with E-state index in [1.165, 1.54) is 17.5 Å². The molecule has 0 spiro atoms. The van der Waals surface area contributed by atoms with Crippen LogP contribution >= 0.6 is 11.6 Å². The molecule has 5 nitrogen and oxygen atoms in total. The molecular weight excluding hydrogens is 290 g/mol. The van der Waals surface area contributed by atoms with Crippen LogP contribution in [0, 0.1) is 5.92 Å². The molecule has 1 saturated carbocycles. The maximum atomic E-state index is 12.0. The van der Waals surface area contributed by atoms with Crippen LogP contribution in [0.15, 0.2) is 11.0 Å². The lowest BCUT2D eigenvalue weighted by Gasteiger charge is -2.10. The predicted molar refractivity (Wildman–Crippen MR) is 85.1 cm³/mol. The molecule has 1 heterocycles. The van der Waals surface area contributed by atoms with Gasteiger partial charge >= 0.3 is 0 Å². The Kier molecular flexibility index (Phi) is 6.51. The average molecular weight is 314 g/mol. The lowest BCUT2D eigenvalue weighted by Crippen LogP contribution is -2.24. The third-order valence-electron chi connectivity index (χ3n) is 3.54. The molecule has 1 aromatic heterocycles. The summed E-state index contributed by atoms with van der Waals surface area (Å²) >= 11 is 6.10. The van der Waals surface area contributed by atoms with E-state index in [0.717, 1.165) is 44.9 Å². The van der Waals surface area contributed by atoms with Gasteiger partial charge in [-0.2, -0.15) is 5.10 Å². The van der Waals surface area contributed by atoms with Gasteiger partial charge in [0.25, 0.3) is 5.56 Å². The highest BCUT2D eigenvalue weighted by atomic mass is 35.5. The van der Waals surface area contributed by atoms with Crippen molar-refractivity contribution >= 4 is 17.3 Å². The molecule has 0 aromatic carbocycles. The topological polar surface area (TPSA) is 56.1 Å². The van der Waals surface area contributed by atoms with Crippen molar-refractivity contribution in [2.75, 3.05) is 25.1 Å². The summed E-state index contributed by atoms with van der Waals surface area (Å²) in [6, 6.07) is 0. The third kappa shape index (κ3) is 5.32. The number of nitrogens with one attached hydrogen (secondary N) is 1. The van der Waals surface area contributed by atoms with Crippen molar-refractivity contribution < 1.29 is 4.74 Å². The van der Waals surface area contributed by atoms with E-state index in [4.69, 9.17) is 16.3 Å². The molecular formula is C15H24ClN3O2. The van der Waals surface area contributed by atoms with Crippen molar-refractivity contribution in [2.45, 2.75) is 45.6 Å². The number of hydrogen-bond acceptors (Lipinski definition) is 4. The summed E-state index contributed by atoms with van der Waals surface area (Å²) in [5.74, 6) is 0.798. The average Bonchev–Trinajstić information content (AvgIpc) is 3.30. The van der Waals surface area contributed by atoms with Gasteiger partial charge in [0.05, 0.1) is 11.9 Å². The van der Waals surface area contributed by atoms with E-state index in [1.54, 1.807) is 6.20 Å². The number of nitrogens with zero attached hydrogens (tertiary/aromatic N) is 2. The van der Waals surface area contributed by atoms with Gasteiger partial charge in [-0.1, -0.05) is 24.9 Å². The Hall–Kier alpha value is -1.07. The van der Waals surface area contributed by atoms with Gasteiger partial charge in [0, 0.05) is 26.3 Å². The van der Waals surface area contributed by atoms with Crippen LogP contribution in [0.2, 0.25) is 5.02 Å². The van der Waals surface area contributed by atoms with Crippen LogP contribution in [0.1, 0.15) is 39.0 Å². The van der Waals surface area contributed by atoms with E-state index in [2.05, 4.69) is 17.3 Å². The fourth-order valence-corrected chi connectivity index (χ4v) is 2.20. The number of rotatable bonds is 10. The summed E-state index contributed by atoms with van der Waals surface area (Å²) in [5, 5.41) is 7.52. The number of anilines is 1. The molecule has 0 bridgehead atoms. The van der Waals surface area contributed by atoms with Gasteiger partial charge < -0.3 is 10.1 Å². The Morgan fingerprint density at radius 3 is 3.00 bits per heavy atom. The number of halogens is 1. The van der Waals surface area contributed by atoms with Crippen LogP contribution in [0.3, 0.4) is 0 Å². The van der Waals surface area contributed by atoms with Crippen molar-refractivity contribution in [2.24, 2.45) is 5.92 Å². The van der Waals surface area contributed by atoms with Crippen LogP contribution in [0.25, 0.3) is 0 Å². The maximum absolute atomic E-state index is 12.0. The first-order valence-electron chi connectivity index (χ1n) is 7.79. The number of aromatic nitrogens is 2. The summed E-state index contributed by atoms with van der Waals surface area (Å²) in [5.41, 5.74) is 0.386. The lowest BCUT2D eigenvalue weighted by molar-refractivity contribution is 0.124. The van der Waals surface area contributed by atoms with Crippen molar-refractivity contribution in [3.05, 3.63) is 21.6 Å². The number of hydrogen-bond donors (Lipinski definition) is 1. The zero-order valence-corrected chi connectivity index (χ0v) is 13.4. The second kappa shape index (κ2) is 8.39. The van der Waals surface area contributed by atoms with E-state index in [1.807, 2.05) is 0 Å². The lowest BCUT2D eigenvalue weighted by atomic mass is 10.3. The molecule has 6 heteroatoms. The first kappa shape index (κ1) is 16.3. The monoisotopic (exact) mass is 313 g/mol. The second-order valence-electron chi connectivity index (χ2n) is 5.55. The number of unbranched alkanes of at least 4 members (excludes halogenated alkanes) is 1. The zero-order valence-electron chi connectivity index (χ0n) is 12.6. The smallest absolute Gasteiger partial charge is 0.287 e. The SMILES string of the molecule is CCCCn1ncc(NCCCOCC2CC2)c(Cl)c1=O. The molecule has 0 atom stereocenters. The van der Waals surface area contributed by atoms with Crippen LogP contribution in [0.4, 0.5) is 5.69 Å². The van der Waals surface area contributed by atoms with Crippen LogP contribution in [0.5, 0.6) is 0 Å². The summed E-state index contributed by atoms with van der Waals surface area (Å²) < 4.78 is 6.98. The highest BCUT2D eigenvalue weighted by Gasteiger charge is 2.20. The molecule has 1 aromatic rings. The van der Waals surface area contributed by atoms with Crippen molar-refractivity contribution in [3.63, 3.8) is 0 Å². The molecule has 0 aliphatic heterocycles. The molecule has 1 aliphatic carbocycles. The highest BCUT2D eigenvalue weighted by molar-refractivity contribution is 6.32. The predicted octanol–water partition coefficient (Wildman–Crippen LogP) is 2.93. The fourth-order valence-electron chi connectivity index (χ4n) is 1.99. The third-order valence-corrected chi connectivity index (χ3v) is 3.91. The molecule has 118 valence electrons. The Bertz CT molecular complexity index is 500. The van der Waals surface area contributed by atoms with E-state index in [9.17, 15) is 4.79 Å². The summed E-state index contributed by atoms with van der Waals surface area (Å²) in [4.78, 5) is 12.0. The minimum absolute atomic E-state index is 0.222. The highest BCUT2D eigenvalue weighted by Crippen LogP contribution is 2.28. The van der Waals surface area contributed by atoms with Crippen molar-refractivity contribution in [1.29, 1.82) is 0 Å². The van der Waals surface area contributed by atoms with Gasteiger partial charge in [-0.3, -0.25) is 4.79 Å². The van der Waals surface area contributed by atoms with E-state index >= 15 is 0 Å². The van der Waals surface area contributed by atoms with E-state index in [0.29, 0.717) is 12.2 Å². The molecule has 1 aliphatic rings. The number of ether oxygens (including phenoxy) is 1. The first-order valence-corrected chi connectivity index (χ1v) is 8.17. The first-order chi connectivity index (χ1) is 10.2. The van der Waals surface area contributed by atoms with Gasteiger partial charge in [-0.25, -0.2) is 4.68 Å². The Balaban J connectivity index is 1.74. The zero-order chi connectivity index (χ0) is 15.1. The van der Waals surface area contributed by atoms with E-state index in [-0.39, 0.29) is 10.6 Å². The minimum Gasteiger partial charge on any atom is -0.382 e. The molecule has 0 saturated heterocycles. The molecule has 2 rings (SSSR count). The normalized spacial score (nSPS) is 14.4. The number of aryl methyl sites for hydroxylation is 1. The minimum atomic E-state index is -0.222. The molecule has 0 amide bonds. The van der Waals surface area contributed by atoms with E-state index < -0.39 is 0 Å². The van der Waals surface area contributed by atoms with Gasteiger partial charge in [-0.05, 0) is 31.6 Å². The summed E-state index contributed by atoms with van der Waals surface area (Å²) in [6.45, 7) is 5.04. The maximum Gasteiger partial charge on any atom is 0.287 e. The fraction of sp³-hybridized carbons (Fsp3) is 0.733. The van der Waals surface area contributed by atoms with Gasteiger partial charge in [0.15, 0.2) is 0 Å². The largest absolute Gasteiger partial charge is 0.382 e. The van der Waals surface area contributed by atoms with Gasteiger partial charge in [0.1, 0.15) is 5.02 Å². The van der Waals surface area contributed by atoms with Gasteiger partial charge in [-0.15, -0.1) is 0 Å². The molecule has 0 unspecified atom stereocenters. The van der Waals surface area contributed by atoms with Crippen molar-refractivity contribution in [3.8, 4) is 0 Å². The quantitative estimate of drug-likeness (QED) is 0.675. The van der Waals surface area contributed by atoms with Crippen LogP contribution < -0.4 is 10.9 Å². The van der Waals surface area contributed by atoms with Crippen LogP contribution in [-0.2, 0) is 11.3 Å². The molecule has 1 N–H and O–H groups in total. The van der Waals surface area contributed by atoms with Crippen LogP contribution in [-0.4, -0.2) is 29.5 Å². The Morgan fingerprint density at radius 2 is 2.29 bits per heavy atom. The standard InChI is InChI=1S/C15H24ClN3O2/c1-2-3-8-19-15(20)14(16)13(10-18-19)17-7-4-9-21-11-12-5-6-12/h10,12,17H,2-9,11H2,1H3. The molecule has 1 fully saturated rings. The summed E-state index contributed by atoms with van der Waals surface area (Å²) in [7, 11) is 0. The molecule has 21 heavy (non-hydrogen) atoms. The second-order valence-corrected chi connectivity index (χ2v) is 5.93.